The maximum atomic E-state index is 9.97. The second kappa shape index (κ2) is 6.95. The van der Waals surface area contributed by atoms with Crippen molar-refractivity contribution < 1.29 is 9.84 Å². The predicted molar refractivity (Wildman–Crippen MR) is 81.3 cm³/mol. The van der Waals surface area contributed by atoms with E-state index in [1.54, 1.807) is 19.2 Å². The first-order chi connectivity index (χ1) is 9.60. The zero-order chi connectivity index (χ0) is 14.5. The van der Waals surface area contributed by atoms with Crippen LogP contribution in [0.4, 0.5) is 0 Å². The number of nitrogens with one attached hydrogen (secondary N) is 1. The molecule has 2 rings (SSSR count). The molecule has 112 valence electrons. The fourth-order valence-electron chi connectivity index (χ4n) is 2.73. The van der Waals surface area contributed by atoms with Crippen LogP contribution in [0.3, 0.4) is 0 Å². The standard InChI is InChI=1S/C16H26N2O2/c1-12(15-10-14(20-3)4-5-16(15)19)17-11-13-6-8-18(2)9-7-13/h4-5,10,12-13,17,19H,6-9,11H2,1-3H3. The van der Waals surface area contributed by atoms with E-state index in [2.05, 4.69) is 24.2 Å². The van der Waals surface area contributed by atoms with Crippen molar-refractivity contribution in [3.8, 4) is 11.5 Å². The molecule has 4 heteroatoms. The fraction of sp³-hybridized carbons (Fsp3) is 0.625. The topological polar surface area (TPSA) is 44.7 Å². The van der Waals surface area contributed by atoms with E-state index >= 15 is 0 Å². The Balaban J connectivity index is 1.89. The predicted octanol–water partition coefficient (Wildman–Crippen LogP) is 2.39. The number of ether oxygens (including phenoxy) is 1. The SMILES string of the molecule is COc1ccc(O)c(C(C)NCC2CCN(C)CC2)c1. The Morgan fingerprint density at radius 3 is 2.75 bits per heavy atom. The van der Waals surface area contributed by atoms with Crippen molar-refractivity contribution >= 4 is 0 Å². The highest BCUT2D eigenvalue weighted by Gasteiger charge is 2.18. The largest absolute Gasteiger partial charge is 0.508 e. The second-order valence-corrected chi connectivity index (χ2v) is 5.80. The highest BCUT2D eigenvalue weighted by atomic mass is 16.5. The van der Waals surface area contributed by atoms with Crippen LogP contribution in [0.25, 0.3) is 0 Å². The highest BCUT2D eigenvalue weighted by Crippen LogP contribution is 2.28. The first-order valence-electron chi connectivity index (χ1n) is 7.39. The summed E-state index contributed by atoms with van der Waals surface area (Å²) in [6.07, 6.45) is 2.50. The molecule has 1 fully saturated rings. The van der Waals surface area contributed by atoms with Gasteiger partial charge in [0.1, 0.15) is 11.5 Å². The molecule has 0 saturated carbocycles. The number of phenolic OH excluding ortho intramolecular Hbond substituents is 1. The zero-order valence-electron chi connectivity index (χ0n) is 12.7. The molecule has 0 aromatic heterocycles. The third-order valence-corrected chi connectivity index (χ3v) is 4.25. The van der Waals surface area contributed by atoms with Crippen molar-refractivity contribution in [3.05, 3.63) is 23.8 Å². The van der Waals surface area contributed by atoms with Gasteiger partial charge in [-0.1, -0.05) is 0 Å². The molecule has 0 amide bonds. The summed E-state index contributed by atoms with van der Waals surface area (Å²) in [5.74, 6) is 1.85. The molecule has 0 bridgehead atoms. The third kappa shape index (κ3) is 3.87. The third-order valence-electron chi connectivity index (χ3n) is 4.25. The number of piperidine rings is 1. The van der Waals surface area contributed by atoms with E-state index in [9.17, 15) is 5.11 Å². The molecule has 0 radical (unpaired) electrons. The van der Waals surface area contributed by atoms with Crippen LogP contribution in [0.1, 0.15) is 31.4 Å². The van der Waals surface area contributed by atoms with Crippen molar-refractivity contribution in [2.75, 3.05) is 33.8 Å². The molecule has 20 heavy (non-hydrogen) atoms. The fourth-order valence-corrected chi connectivity index (χ4v) is 2.73. The quantitative estimate of drug-likeness (QED) is 0.868. The smallest absolute Gasteiger partial charge is 0.120 e. The molecule has 1 atom stereocenters. The molecule has 1 aliphatic heterocycles. The zero-order valence-corrected chi connectivity index (χ0v) is 12.7. The molecule has 1 aromatic carbocycles. The van der Waals surface area contributed by atoms with Gasteiger partial charge in [-0.3, -0.25) is 0 Å². The van der Waals surface area contributed by atoms with E-state index in [0.29, 0.717) is 5.75 Å². The van der Waals surface area contributed by atoms with Gasteiger partial charge in [-0.15, -0.1) is 0 Å². The van der Waals surface area contributed by atoms with Crippen LogP contribution < -0.4 is 10.1 Å². The molecule has 1 aliphatic rings. The molecule has 2 N–H and O–H groups in total. The average Bonchev–Trinajstić information content (AvgIpc) is 2.47. The van der Waals surface area contributed by atoms with Gasteiger partial charge in [0.25, 0.3) is 0 Å². The number of nitrogens with zero attached hydrogens (tertiary/aromatic N) is 1. The van der Waals surface area contributed by atoms with Crippen LogP contribution in [0.15, 0.2) is 18.2 Å². The Labute approximate surface area is 121 Å². The van der Waals surface area contributed by atoms with Crippen LogP contribution in [0.5, 0.6) is 11.5 Å². The van der Waals surface area contributed by atoms with Gasteiger partial charge in [-0.2, -0.15) is 0 Å². The van der Waals surface area contributed by atoms with Crippen LogP contribution in [-0.2, 0) is 0 Å². The number of likely N-dealkylation sites (tertiary alicyclic amines) is 1. The Morgan fingerprint density at radius 1 is 1.40 bits per heavy atom. The number of phenols is 1. The Bertz CT molecular complexity index is 428. The van der Waals surface area contributed by atoms with Gasteiger partial charge < -0.3 is 20.1 Å². The maximum Gasteiger partial charge on any atom is 0.120 e. The van der Waals surface area contributed by atoms with E-state index in [1.165, 1.54) is 25.9 Å². The maximum absolute atomic E-state index is 9.97. The summed E-state index contributed by atoms with van der Waals surface area (Å²) >= 11 is 0. The monoisotopic (exact) mass is 278 g/mol. The molecule has 1 heterocycles. The van der Waals surface area contributed by atoms with E-state index in [4.69, 9.17) is 4.74 Å². The molecule has 1 saturated heterocycles. The number of hydrogen-bond donors (Lipinski definition) is 2. The lowest BCUT2D eigenvalue weighted by molar-refractivity contribution is 0.213. The van der Waals surface area contributed by atoms with Crippen molar-refractivity contribution in [3.63, 3.8) is 0 Å². The summed E-state index contributed by atoms with van der Waals surface area (Å²) < 4.78 is 5.22. The highest BCUT2D eigenvalue weighted by molar-refractivity contribution is 5.41. The summed E-state index contributed by atoms with van der Waals surface area (Å²) in [4.78, 5) is 2.38. The van der Waals surface area contributed by atoms with Crippen molar-refractivity contribution in [1.29, 1.82) is 0 Å². The van der Waals surface area contributed by atoms with Gasteiger partial charge in [0.15, 0.2) is 0 Å². The van der Waals surface area contributed by atoms with Crippen LogP contribution in [0, 0.1) is 5.92 Å². The van der Waals surface area contributed by atoms with E-state index < -0.39 is 0 Å². The Kier molecular flexibility index (Phi) is 5.26. The van der Waals surface area contributed by atoms with Gasteiger partial charge in [-0.25, -0.2) is 0 Å². The average molecular weight is 278 g/mol. The number of hydrogen-bond acceptors (Lipinski definition) is 4. The minimum Gasteiger partial charge on any atom is -0.508 e. The molecule has 0 aliphatic carbocycles. The first-order valence-corrected chi connectivity index (χ1v) is 7.39. The summed E-state index contributed by atoms with van der Waals surface area (Å²) in [5, 5.41) is 13.5. The van der Waals surface area contributed by atoms with Gasteiger partial charge in [0, 0.05) is 11.6 Å². The van der Waals surface area contributed by atoms with Crippen molar-refractivity contribution in [2.45, 2.75) is 25.8 Å². The number of benzene rings is 1. The Hall–Kier alpha value is -1.26. The van der Waals surface area contributed by atoms with E-state index in [0.717, 1.165) is 23.8 Å². The number of methoxy groups -OCH3 is 1. The molecule has 0 spiro atoms. The molecule has 1 unspecified atom stereocenters. The van der Waals surface area contributed by atoms with Gasteiger partial charge in [0.2, 0.25) is 0 Å². The van der Waals surface area contributed by atoms with Crippen LogP contribution >= 0.6 is 0 Å². The van der Waals surface area contributed by atoms with E-state index in [1.807, 2.05) is 6.07 Å². The summed E-state index contributed by atoms with van der Waals surface area (Å²) in [7, 11) is 3.83. The number of aromatic hydroxyl groups is 1. The first kappa shape index (κ1) is 15.1. The summed E-state index contributed by atoms with van der Waals surface area (Å²) in [6, 6.07) is 5.51. The lowest BCUT2D eigenvalue weighted by atomic mass is 9.96. The normalized spacial score (nSPS) is 18.9. The molecular weight excluding hydrogens is 252 g/mol. The summed E-state index contributed by atoms with van der Waals surface area (Å²) in [5.41, 5.74) is 0.900. The lowest BCUT2D eigenvalue weighted by Gasteiger charge is -2.30. The molecule has 1 aromatic rings. The van der Waals surface area contributed by atoms with Crippen molar-refractivity contribution in [2.24, 2.45) is 5.92 Å². The van der Waals surface area contributed by atoms with Crippen LogP contribution in [0.2, 0.25) is 0 Å². The van der Waals surface area contributed by atoms with Gasteiger partial charge in [0.05, 0.1) is 7.11 Å². The minimum atomic E-state index is 0.129. The van der Waals surface area contributed by atoms with Crippen LogP contribution in [-0.4, -0.2) is 43.8 Å². The summed E-state index contributed by atoms with van der Waals surface area (Å²) in [6.45, 7) is 5.46. The van der Waals surface area contributed by atoms with E-state index in [-0.39, 0.29) is 6.04 Å². The minimum absolute atomic E-state index is 0.129. The van der Waals surface area contributed by atoms with Gasteiger partial charge in [-0.05, 0) is 70.6 Å². The second-order valence-electron chi connectivity index (χ2n) is 5.80. The van der Waals surface area contributed by atoms with Gasteiger partial charge >= 0.3 is 0 Å². The number of rotatable bonds is 5. The molecular formula is C16H26N2O2. The molecule has 4 nitrogen and oxygen atoms in total. The van der Waals surface area contributed by atoms with Crippen molar-refractivity contribution in [1.82, 2.24) is 10.2 Å². The lowest BCUT2D eigenvalue weighted by Crippen LogP contribution is -2.35. The Morgan fingerprint density at radius 2 is 2.10 bits per heavy atom.